The Labute approximate surface area is 182 Å². The maximum Gasteiger partial charge on any atom is 0.228 e. The summed E-state index contributed by atoms with van der Waals surface area (Å²) < 4.78 is 11.6. The number of hydrogen-bond donors (Lipinski definition) is 1. The Balaban J connectivity index is 1.48. The van der Waals surface area contributed by atoms with Crippen LogP contribution in [-0.2, 0) is 11.3 Å². The molecular weight excluding hydrogens is 392 g/mol. The number of rotatable bonds is 6. The van der Waals surface area contributed by atoms with E-state index in [0.717, 1.165) is 31.1 Å². The van der Waals surface area contributed by atoms with Crippen LogP contribution in [0.3, 0.4) is 0 Å². The zero-order chi connectivity index (χ0) is 21.8. The van der Waals surface area contributed by atoms with Gasteiger partial charge in [0.1, 0.15) is 11.9 Å². The van der Waals surface area contributed by atoms with Crippen LogP contribution in [0.1, 0.15) is 34.1 Å². The lowest BCUT2D eigenvalue weighted by atomic mass is 9.96. The number of anilines is 2. The molecule has 3 aromatic rings. The number of methoxy groups -OCH3 is 1. The predicted octanol–water partition coefficient (Wildman–Crippen LogP) is 3.52. The molecule has 1 N–H and O–H groups in total. The summed E-state index contributed by atoms with van der Waals surface area (Å²) in [4.78, 5) is 19.8. The molecule has 0 saturated carbocycles. The van der Waals surface area contributed by atoms with E-state index in [2.05, 4.69) is 57.0 Å². The lowest BCUT2D eigenvalue weighted by Gasteiger charge is -2.33. The molecule has 162 valence electrons. The highest BCUT2D eigenvalue weighted by atomic mass is 16.5. The molecule has 0 spiro atoms. The minimum atomic E-state index is -0.139. The quantitative estimate of drug-likeness (QED) is 0.648. The van der Waals surface area contributed by atoms with Gasteiger partial charge in [0.15, 0.2) is 5.82 Å². The van der Waals surface area contributed by atoms with Gasteiger partial charge in [-0.3, -0.25) is 9.88 Å². The number of ether oxygens (including phenoxy) is 2. The molecule has 8 heteroatoms. The van der Waals surface area contributed by atoms with Gasteiger partial charge in [0.25, 0.3) is 0 Å². The molecule has 1 aromatic carbocycles. The number of aryl methyl sites for hydroxylation is 1. The number of nitrogens with one attached hydrogen (secondary N) is 1. The number of morpholine rings is 1. The van der Waals surface area contributed by atoms with Crippen LogP contribution in [0.4, 0.5) is 11.8 Å². The Morgan fingerprint density at radius 2 is 1.97 bits per heavy atom. The summed E-state index contributed by atoms with van der Waals surface area (Å²) in [5.74, 6) is 2.03. The van der Waals surface area contributed by atoms with Crippen LogP contribution in [0.15, 0.2) is 36.9 Å². The van der Waals surface area contributed by atoms with Crippen LogP contribution >= 0.6 is 0 Å². The standard InChI is InChI=1S/C23H28N6O2/c1-15-10-20(30-4)17(3)16(2)18(15)13-29-8-9-31-21(14-29)19-11-24-12-22(27-19)28-23-25-6-5-7-26-23/h5-7,10-12,21H,8-9,13-14H2,1-4H3,(H,25,26,27,28). The second-order valence-electron chi connectivity index (χ2n) is 7.75. The van der Waals surface area contributed by atoms with Crippen molar-refractivity contribution in [3.8, 4) is 5.75 Å². The van der Waals surface area contributed by atoms with Crippen molar-refractivity contribution in [2.75, 3.05) is 32.1 Å². The fourth-order valence-corrected chi connectivity index (χ4v) is 3.88. The molecule has 0 amide bonds. The van der Waals surface area contributed by atoms with Crippen LogP contribution in [-0.4, -0.2) is 51.6 Å². The fraction of sp³-hybridized carbons (Fsp3) is 0.391. The van der Waals surface area contributed by atoms with Crippen LogP contribution in [0, 0.1) is 20.8 Å². The van der Waals surface area contributed by atoms with E-state index in [4.69, 9.17) is 9.47 Å². The highest BCUT2D eigenvalue weighted by Gasteiger charge is 2.25. The maximum atomic E-state index is 6.03. The van der Waals surface area contributed by atoms with E-state index in [0.29, 0.717) is 18.4 Å². The molecule has 4 rings (SSSR count). The summed E-state index contributed by atoms with van der Waals surface area (Å²) in [6.45, 7) is 9.58. The molecule has 0 radical (unpaired) electrons. The summed E-state index contributed by atoms with van der Waals surface area (Å²) in [7, 11) is 1.72. The molecule has 1 unspecified atom stereocenters. The van der Waals surface area contributed by atoms with Crippen molar-refractivity contribution in [2.45, 2.75) is 33.4 Å². The number of nitrogens with zero attached hydrogens (tertiary/aromatic N) is 5. The average Bonchev–Trinajstić information content (AvgIpc) is 2.80. The maximum absolute atomic E-state index is 6.03. The van der Waals surface area contributed by atoms with Gasteiger partial charge in [-0.15, -0.1) is 0 Å². The topological polar surface area (TPSA) is 85.3 Å². The highest BCUT2D eigenvalue weighted by Crippen LogP contribution is 2.30. The lowest BCUT2D eigenvalue weighted by Crippen LogP contribution is -2.38. The van der Waals surface area contributed by atoms with Gasteiger partial charge in [-0.05, 0) is 55.2 Å². The average molecular weight is 421 g/mol. The Morgan fingerprint density at radius 3 is 2.74 bits per heavy atom. The number of aromatic nitrogens is 4. The van der Waals surface area contributed by atoms with Crippen molar-refractivity contribution in [2.24, 2.45) is 0 Å². The van der Waals surface area contributed by atoms with Gasteiger partial charge in [-0.1, -0.05) is 0 Å². The van der Waals surface area contributed by atoms with Gasteiger partial charge in [0, 0.05) is 32.0 Å². The molecule has 2 aromatic heterocycles. The van der Waals surface area contributed by atoms with Gasteiger partial charge >= 0.3 is 0 Å². The van der Waals surface area contributed by atoms with E-state index >= 15 is 0 Å². The lowest BCUT2D eigenvalue weighted by molar-refractivity contribution is -0.0352. The second kappa shape index (κ2) is 9.36. The normalized spacial score (nSPS) is 16.8. The molecule has 31 heavy (non-hydrogen) atoms. The zero-order valence-corrected chi connectivity index (χ0v) is 18.4. The summed E-state index contributed by atoms with van der Waals surface area (Å²) in [6, 6.07) is 3.90. The molecule has 1 atom stereocenters. The van der Waals surface area contributed by atoms with Crippen LogP contribution in [0.5, 0.6) is 5.75 Å². The first-order valence-corrected chi connectivity index (χ1v) is 10.4. The zero-order valence-electron chi connectivity index (χ0n) is 18.4. The monoisotopic (exact) mass is 420 g/mol. The number of hydrogen-bond acceptors (Lipinski definition) is 8. The van der Waals surface area contributed by atoms with E-state index in [1.807, 2.05) is 0 Å². The molecule has 1 aliphatic heterocycles. The Kier molecular flexibility index (Phi) is 6.39. The first kappa shape index (κ1) is 21.1. The van der Waals surface area contributed by atoms with Crippen molar-refractivity contribution >= 4 is 11.8 Å². The number of benzene rings is 1. The Hall–Kier alpha value is -3.10. The molecule has 0 aliphatic carbocycles. The summed E-state index contributed by atoms with van der Waals surface area (Å²) in [5, 5.41) is 3.09. The predicted molar refractivity (Wildman–Crippen MR) is 119 cm³/mol. The molecule has 1 saturated heterocycles. The third-order valence-electron chi connectivity index (χ3n) is 5.75. The van der Waals surface area contributed by atoms with Crippen LogP contribution in [0.25, 0.3) is 0 Å². The Bertz CT molecular complexity index is 1040. The van der Waals surface area contributed by atoms with Gasteiger partial charge < -0.3 is 14.8 Å². The third kappa shape index (κ3) is 4.81. The van der Waals surface area contributed by atoms with Crippen molar-refractivity contribution in [3.05, 3.63) is 64.9 Å². The van der Waals surface area contributed by atoms with Gasteiger partial charge in [-0.25, -0.2) is 15.0 Å². The SMILES string of the molecule is COc1cc(C)c(CN2CCOC(c3cncc(Nc4ncccn4)n3)C2)c(C)c1C. The molecule has 3 heterocycles. The van der Waals surface area contributed by atoms with Gasteiger partial charge in [0.05, 0.1) is 31.8 Å². The first-order chi connectivity index (χ1) is 15.0. The smallest absolute Gasteiger partial charge is 0.228 e. The Morgan fingerprint density at radius 1 is 1.16 bits per heavy atom. The van der Waals surface area contributed by atoms with E-state index in [1.54, 1.807) is 38.0 Å². The second-order valence-corrected chi connectivity index (χ2v) is 7.75. The van der Waals surface area contributed by atoms with Gasteiger partial charge in [0.2, 0.25) is 5.95 Å². The van der Waals surface area contributed by atoms with Crippen molar-refractivity contribution in [1.29, 1.82) is 0 Å². The van der Waals surface area contributed by atoms with Crippen molar-refractivity contribution in [3.63, 3.8) is 0 Å². The fourth-order valence-electron chi connectivity index (χ4n) is 3.88. The summed E-state index contributed by atoms with van der Waals surface area (Å²) in [6.07, 6.45) is 6.64. The minimum absolute atomic E-state index is 0.139. The summed E-state index contributed by atoms with van der Waals surface area (Å²) in [5.41, 5.74) is 5.87. The van der Waals surface area contributed by atoms with Crippen LogP contribution < -0.4 is 10.1 Å². The van der Waals surface area contributed by atoms with E-state index in [1.165, 1.54) is 22.3 Å². The minimum Gasteiger partial charge on any atom is -0.496 e. The highest BCUT2D eigenvalue weighted by molar-refractivity contribution is 5.48. The largest absolute Gasteiger partial charge is 0.496 e. The summed E-state index contributed by atoms with van der Waals surface area (Å²) >= 11 is 0. The van der Waals surface area contributed by atoms with Crippen molar-refractivity contribution < 1.29 is 9.47 Å². The first-order valence-electron chi connectivity index (χ1n) is 10.4. The van der Waals surface area contributed by atoms with E-state index in [9.17, 15) is 0 Å². The van der Waals surface area contributed by atoms with Crippen LogP contribution in [0.2, 0.25) is 0 Å². The molecule has 1 aliphatic rings. The molecular formula is C23H28N6O2. The molecule has 1 fully saturated rings. The van der Waals surface area contributed by atoms with E-state index in [-0.39, 0.29) is 6.10 Å². The van der Waals surface area contributed by atoms with Gasteiger partial charge in [-0.2, -0.15) is 0 Å². The molecule has 8 nitrogen and oxygen atoms in total. The van der Waals surface area contributed by atoms with E-state index < -0.39 is 0 Å². The third-order valence-corrected chi connectivity index (χ3v) is 5.75. The molecule has 0 bridgehead atoms. The van der Waals surface area contributed by atoms with Crippen molar-refractivity contribution in [1.82, 2.24) is 24.8 Å².